The van der Waals surface area contributed by atoms with Gasteiger partial charge in [-0.05, 0) is 56.2 Å². The predicted octanol–water partition coefficient (Wildman–Crippen LogP) is 4.02. The molecule has 0 spiro atoms. The number of hydrogen-bond acceptors (Lipinski definition) is 2. The fourth-order valence-corrected chi connectivity index (χ4v) is 4.54. The first-order chi connectivity index (χ1) is 11.7. The third kappa shape index (κ3) is 2.81. The van der Waals surface area contributed by atoms with Gasteiger partial charge in [0.25, 0.3) is 0 Å². The van der Waals surface area contributed by atoms with Crippen molar-refractivity contribution < 1.29 is 0 Å². The van der Waals surface area contributed by atoms with Crippen molar-refractivity contribution in [3.05, 3.63) is 53.6 Å². The molecular weight excluding hydrogens is 316 g/mol. The highest BCUT2D eigenvalue weighted by atomic mass is 32.1. The van der Waals surface area contributed by atoms with Crippen LogP contribution in [-0.2, 0) is 0 Å². The summed E-state index contributed by atoms with van der Waals surface area (Å²) in [5, 5.41) is 4.42. The number of hydrogen-bond donors (Lipinski definition) is 2. The van der Waals surface area contributed by atoms with Crippen LogP contribution in [0.25, 0.3) is 0 Å². The number of aryl methyl sites for hydroxylation is 1. The summed E-state index contributed by atoms with van der Waals surface area (Å²) < 4.78 is 0. The molecule has 126 valence electrons. The normalized spacial score (nSPS) is 25.0. The third-order valence-electron chi connectivity index (χ3n) is 5.28. The first-order valence-electron chi connectivity index (χ1n) is 8.89. The van der Waals surface area contributed by atoms with Gasteiger partial charge in [0.05, 0.1) is 17.8 Å². The quantitative estimate of drug-likeness (QED) is 0.828. The van der Waals surface area contributed by atoms with Gasteiger partial charge in [-0.15, -0.1) is 0 Å². The van der Waals surface area contributed by atoms with Crippen LogP contribution in [-0.4, -0.2) is 26.0 Å². The topological polar surface area (TPSA) is 44.0 Å². The van der Waals surface area contributed by atoms with Crippen LogP contribution in [0.2, 0.25) is 0 Å². The average molecular weight is 340 g/mol. The van der Waals surface area contributed by atoms with Crippen molar-refractivity contribution in [3.8, 4) is 0 Å². The first-order valence-corrected chi connectivity index (χ1v) is 9.30. The van der Waals surface area contributed by atoms with Gasteiger partial charge in [0, 0.05) is 23.6 Å². The second-order valence-electron chi connectivity index (χ2n) is 6.92. The van der Waals surface area contributed by atoms with E-state index in [1.54, 1.807) is 0 Å². The minimum atomic E-state index is 0.0960. The minimum Gasteiger partial charge on any atom is -0.361 e. The molecule has 1 saturated heterocycles. The largest absolute Gasteiger partial charge is 0.361 e. The SMILES string of the molecule is Cc1ccc([C@@H]2[C@H](c3ccccn3)NC(=S)N2C2CCCCC2)[nH]1. The zero-order valence-electron chi connectivity index (χ0n) is 14.0. The second-order valence-corrected chi connectivity index (χ2v) is 7.31. The number of thiocarbonyl (C=S) groups is 1. The molecule has 4 nitrogen and oxygen atoms in total. The van der Waals surface area contributed by atoms with Gasteiger partial charge in [0.2, 0.25) is 0 Å². The van der Waals surface area contributed by atoms with Crippen LogP contribution >= 0.6 is 12.2 Å². The van der Waals surface area contributed by atoms with Gasteiger partial charge < -0.3 is 15.2 Å². The lowest BCUT2D eigenvalue weighted by molar-refractivity contribution is 0.194. The van der Waals surface area contributed by atoms with Gasteiger partial charge in [0.1, 0.15) is 0 Å². The van der Waals surface area contributed by atoms with Crippen LogP contribution in [0.3, 0.4) is 0 Å². The van der Waals surface area contributed by atoms with Crippen molar-refractivity contribution >= 4 is 17.3 Å². The summed E-state index contributed by atoms with van der Waals surface area (Å²) in [6.45, 7) is 2.10. The van der Waals surface area contributed by atoms with E-state index in [1.807, 2.05) is 18.3 Å². The Morgan fingerprint density at radius 1 is 1.12 bits per heavy atom. The molecule has 2 aromatic rings. The molecule has 5 heteroatoms. The Bertz CT molecular complexity index is 705. The zero-order chi connectivity index (χ0) is 16.5. The van der Waals surface area contributed by atoms with E-state index in [4.69, 9.17) is 12.2 Å². The average Bonchev–Trinajstić information content (AvgIpc) is 3.19. The van der Waals surface area contributed by atoms with E-state index in [9.17, 15) is 0 Å². The van der Waals surface area contributed by atoms with Crippen LogP contribution in [0.1, 0.15) is 61.3 Å². The van der Waals surface area contributed by atoms with Gasteiger partial charge in [-0.25, -0.2) is 0 Å². The van der Waals surface area contributed by atoms with E-state index in [0.29, 0.717) is 6.04 Å². The molecular formula is C19H24N4S. The van der Waals surface area contributed by atoms with Crippen LogP contribution < -0.4 is 5.32 Å². The molecule has 2 aromatic heterocycles. The molecule has 1 saturated carbocycles. The number of aromatic amines is 1. The van der Waals surface area contributed by atoms with Crippen LogP contribution in [0.15, 0.2) is 36.5 Å². The minimum absolute atomic E-state index is 0.0960. The molecule has 1 aliphatic carbocycles. The number of nitrogens with zero attached hydrogens (tertiary/aromatic N) is 2. The van der Waals surface area contributed by atoms with Crippen LogP contribution in [0.4, 0.5) is 0 Å². The van der Waals surface area contributed by atoms with Crippen molar-refractivity contribution in [1.82, 2.24) is 20.2 Å². The molecule has 24 heavy (non-hydrogen) atoms. The number of rotatable bonds is 3. The Morgan fingerprint density at radius 3 is 2.62 bits per heavy atom. The highest BCUT2D eigenvalue weighted by Gasteiger charge is 2.43. The fraction of sp³-hybridized carbons (Fsp3) is 0.474. The van der Waals surface area contributed by atoms with Gasteiger partial charge in [-0.2, -0.15) is 0 Å². The lowest BCUT2D eigenvalue weighted by Crippen LogP contribution is -2.40. The van der Waals surface area contributed by atoms with Gasteiger partial charge in [-0.3, -0.25) is 4.98 Å². The van der Waals surface area contributed by atoms with Gasteiger partial charge in [-0.1, -0.05) is 25.3 Å². The molecule has 2 atom stereocenters. The van der Waals surface area contributed by atoms with Crippen molar-refractivity contribution in [3.63, 3.8) is 0 Å². The monoisotopic (exact) mass is 340 g/mol. The van der Waals surface area contributed by atoms with E-state index in [1.165, 1.54) is 43.5 Å². The lowest BCUT2D eigenvalue weighted by atomic mass is 9.92. The highest BCUT2D eigenvalue weighted by molar-refractivity contribution is 7.80. The Labute approximate surface area is 148 Å². The van der Waals surface area contributed by atoms with Crippen molar-refractivity contribution in [2.45, 2.75) is 57.2 Å². The standard InChI is InChI=1S/C19H24N4S/c1-13-10-11-16(21-13)18-17(15-9-5-6-12-20-15)22-19(24)23(18)14-7-3-2-4-8-14/h5-6,9-12,14,17-18,21H,2-4,7-8H2,1H3,(H,22,24)/t17-,18+/m0/s1. The van der Waals surface area contributed by atoms with E-state index in [0.717, 1.165) is 10.8 Å². The number of H-pyrrole nitrogens is 1. The summed E-state index contributed by atoms with van der Waals surface area (Å²) in [7, 11) is 0. The summed E-state index contributed by atoms with van der Waals surface area (Å²) in [5.74, 6) is 0. The molecule has 0 amide bonds. The molecule has 2 fully saturated rings. The Balaban J connectivity index is 1.73. The van der Waals surface area contributed by atoms with E-state index in [-0.39, 0.29) is 12.1 Å². The van der Waals surface area contributed by atoms with Crippen molar-refractivity contribution in [1.29, 1.82) is 0 Å². The van der Waals surface area contributed by atoms with Crippen molar-refractivity contribution in [2.75, 3.05) is 0 Å². The predicted molar refractivity (Wildman–Crippen MR) is 99.7 cm³/mol. The number of aromatic nitrogens is 2. The maximum absolute atomic E-state index is 5.76. The molecule has 0 aromatic carbocycles. The summed E-state index contributed by atoms with van der Waals surface area (Å²) in [6.07, 6.45) is 8.27. The molecule has 2 N–H and O–H groups in total. The summed E-state index contributed by atoms with van der Waals surface area (Å²) in [5.41, 5.74) is 3.46. The van der Waals surface area contributed by atoms with Gasteiger partial charge >= 0.3 is 0 Å². The maximum Gasteiger partial charge on any atom is 0.170 e. The Kier molecular flexibility index (Phi) is 4.27. The molecule has 0 unspecified atom stereocenters. The lowest BCUT2D eigenvalue weighted by Gasteiger charge is -2.36. The molecule has 4 rings (SSSR count). The smallest absolute Gasteiger partial charge is 0.170 e. The molecule has 0 bridgehead atoms. The maximum atomic E-state index is 5.76. The zero-order valence-corrected chi connectivity index (χ0v) is 14.9. The third-order valence-corrected chi connectivity index (χ3v) is 5.61. The number of pyridine rings is 1. The summed E-state index contributed by atoms with van der Waals surface area (Å²) >= 11 is 5.76. The van der Waals surface area contributed by atoms with E-state index >= 15 is 0 Å². The number of nitrogens with one attached hydrogen (secondary N) is 2. The summed E-state index contributed by atoms with van der Waals surface area (Å²) in [6, 6.07) is 11.3. The van der Waals surface area contributed by atoms with E-state index < -0.39 is 0 Å². The molecule has 2 aliphatic rings. The molecule has 3 heterocycles. The van der Waals surface area contributed by atoms with Crippen LogP contribution in [0.5, 0.6) is 0 Å². The van der Waals surface area contributed by atoms with E-state index in [2.05, 4.69) is 45.3 Å². The molecule has 0 radical (unpaired) electrons. The first kappa shape index (κ1) is 15.6. The fourth-order valence-electron chi connectivity index (χ4n) is 4.15. The van der Waals surface area contributed by atoms with Crippen LogP contribution in [0, 0.1) is 6.92 Å². The Hall–Kier alpha value is -1.88. The van der Waals surface area contributed by atoms with Gasteiger partial charge in [0.15, 0.2) is 5.11 Å². The second kappa shape index (κ2) is 6.55. The molecule has 1 aliphatic heterocycles. The summed E-state index contributed by atoms with van der Waals surface area (Å²) in [4.78, 5) is 10.6. The Morgan fingerprint density at radius 2 is 1.96 bits per heavy atom. The highest BCUT2D eigenvalue weighted by Crippen LogP contribution is 2.41. The van der Waals surface area contributed by atoms with Crippen molar-refractivity contribution in [2.24, 2.45) is 0 Å².